The average Bonchev–Trinajstić information content (AvgIpc) is 2.25. The van der Waals surface area contributed by atoms with Gasteiger partial charge in [-0.05, 0) is 35.4 Å². The van der Waals surface area contributed by atoms with Crippen LogP contribution in [0.5, 0.6) is 0 Å². The highest BCUT2D eigenvalue weighted by Crippen LogP contribution is 2.25. The van der Waals surface area contributed by atoms with Crippen LogP contribution in [0.2, 0.25) is 0 Å². The molecule has 3 heteroatoms. The van der Waals surface area contributed by atoms with E-state index in [0.717, 1.165) is 16.5 Å². The van der Waals surface area contributed by atoms with Gasteiger partial charge in [-0.1, -0.05) is 55.8 Å². The first kappa shape index (κ1) is 16.2. The van der Waals surface area contributed by atoms with Crippen LogP contribution in [0.1, 0.15) is 46.1 Å². The predicted octanol–water partition coefficient (Wildman–Crippen LogP) is 4.53. The SMILES string of the molecule is CC(CC(=O)NCc1ccc(Br)cc1)CC(C)(C)C. The Kier molecular flexibility index (Phi) is 6.05. The van der Waals surface area contributed by atoms with Crippen LogP contribution in [0.25, 0.3) is 0 Å². The Morgan fingerprint density at radius 3 is 2.37 bits per heavy atom. The molecule has 2 nitrogen and oxygen atoms in total. The molecule has 0 aliphatic carbocycles. The molecule has 0 radical (unpaired) electrons. The molecule has 0 saturated heterocycles. The topological polar surface area (TPSA) is 29.1 Å². The summed E-state index contributed by atoms with van der Waals surface area (Å²) < 4.78 is 1.06. The molecular weight excluding hydrogens is 302 g/mol. The lowest BCUT2D eigenvalue weighted by Gasteiger charge is -2.22. The van der Waals surface area contributed by atoms with Crippen molar-refractivity contribution < 1.29 is 4.79 Å². The van der Waals surface area contributed by atoms with Gasteiger partial charge < -0.3 is 5.32 Å². The average molecular weight is 326 g/mol. The second-order valence-electron chi connectivity index (χ2n) is 6.48. The largest absolute Gasteiger partial charge is 0.352 e. The summed E-state index contributed by atoms with van der Waals surface area (Å²) in [4.78, 5) is 11.9. The van der Waals surface area contributed by atoms with Crippen molar-refractivity contribution in [1.82, 2.24) is 5.32 Å². The van der Waals surface area contributed by atoms with Gasteiger partial charge >= 0.3 is 0 Å². The number of benzene rings is 1. The lowest BCUT2D eigenvalue weighted by Crippen LogP contribution is -2.25. The first-order chi connectivity index (χ1) is 8.76. The molecule has 0 fully saturated rings. The van der Waals surface area contributed by atoms with Crippen molar-refractivity contribution in [3.8, 4) is 0 Å². The summed E-state index contributed by atoms with van der Waals surface area (Å²) in [5.74, 6) is 0.560. The van der Waals surface area contributed by atoms with E-state index in [0.29, 0.717) is 18.9 Å². The van der Waals surface area contributed by atoms with Gasteiger partial charge in [0.25, 0.3) is 0 Å². The quantitative estimate of drug-likeness (QED) is 0.846. The van der Waals surface area contributed by atoms with Crippen molar-refractivity contribution in [3.63, 3.8) is 0 Å². The highest BCUT2D eigenvalue weighted by molar-refractivity contribution is 9.10. The molecule has 0 spiro atoms. The van der Waals surface area contributed by atoms with Crippen LogP contribution in [-0.4, -0.2) is 5.91 Å². The Morgan fingerprint density at radius 1 is 1.26 bits per heavy atom. The lowest BCUT2D eigenvalue weighted by molar-refractivity contribution is -0.122. The molecule has 0 aromatic heterocycles. The molecule has 0 saturated carbocycles. The van der Waals surface area contributed by atoms with E-state index in [1.165, 1.54) is 0 Å². The number of carbonyl (C=O) groups is 1. The van der Waals surface area contributed by atoms with Gasteiger partial charge in [0.15, 0.2) is 0 Å². The molecule has 0 aliphatic heterocycles. The highest BCUT2D eigenvalue weighted by atomic mass is 79.9. The number of halogens is 1. The Balaban J connectivity index is 2.33. The normalized spacial score (nSPS) is 13.1. The molecule has 106 valence electrons. The van der Waals surface area contributed by atoms with E-state index in [9.17, 15) is 4.79 Å². The fraction of sp³-hybridized carbons (Fsp3) is 0.562. The van der Waals surface area contributed by atoms with Crippen LogP contribution < -0.4 is 5.32 Å². The van der Waals surface area contributed by atoms with Gasteiger partial charge in [-0.15, -0.1) is 0 Å². The Labute approximate surface area is 125 Å². The molecule has 1 atom stereocenters. The third kappa shape index (κ3) is 7.36. The Morgan fingerprint density at radius 2 is 1.84 bits per heavy atom. The third-order valence-electron chi connectivity index (χ3n) is 2.90. The second-order valence-corrected chi connectivity index (χ2v) is 7.39. The molecule has 1 rings (SSSR count). The molecule has 1 aromatic carbocycles. The lowest BCUT2D eigenvalue weighted by atomic mass is 9.84. The fourth-order valence-corrected chi connectivity index (χ4v) is 2.57. The molecule has 0 bridgehead atoms. The van der Waals surface area contributed by atoms with E-state index < -0.39 is 0 Å². The van der Waals surface area contributed by atoms with Gasteiger partial charge in [0, 0.05) is 17.4 Å². The van der Waals surface area contributed by atoms with Gasteiger partial charge in [0.2, 0.25) is 5.91 Å². The van der Waals surface area contributed by atoms with Crippen molar-refractivity contribution in [1.29, 1.82) is 0 Å². The number of carbonyl (C=O) groups excluding carboxylic acids is 1. The van der Waals surface area contributed by atoms with E-state index in [2.05, 4.69) is 48.9 Å². The maximum absolute atomic E-state index is 11.9. The number of amides is 1. The summed E-state index contributed by atoms with van der Waals surface area (Å²) in [6.07, 6.45) is 1.67. The summed E-state index contributed by atoms with van der Waals surface area (Å²) in [6.45, 7) is 9.38. The molecule has 19 heavy (non-hydrogen) atoms. The van der Waals surface area contributed by atoms with Crippen LogP contribution >= 0.6 is 15.9 Å². The highest BCUT2D eigenvalue weighted by Gasteiger charge is 2.17. The number of rotatable bonds is 5. The van der Waals surface area contributed by atoms with Crippen LogP contribution in [0.15, 0.2) is 28.7 Å². The minimum atomic E-state index is 0.139. The van der Waals surface area contributed by atoms with E-state index >= 15 is 0 Å². The van der Waals surface area contributed by atoms with Gasteiger partial charge in [0.1, 0.15) is 0 Å². The van der Waals surface area contributed by atoms with Crippen molar-refractivity contribution in [2.75, 3.05) is 0 Å². The number of hydrogen-bond acceptors (Lipinski definition) is 1. The third-order valence-corrected chi connectivity index (χ3v) is 3.43. The summed E-state index contributed by atoms with van der Waals surface area (Å²) in [5.41, 5.74) is 1.41. The van der Waals surface area contributed by atoms with E-state index in [-0.39, 0.29) is 11.3 Å². The number of hydrogen-bond donors (Lipinski definition) is 1. The van der Waals surface area contributed by atoms with E-state index in [1.54, 1.807) is 0 Å². The van der Waals surface area contributed by atoms with Gasteiger partial charge in [-0.25, -0.2) is 0 Å². The van der Waals surface area contributed by atoms with E-state index in [1.807, 2.05) is 24.3 Å². The zero-order valence-corrected chi connectivity index (χ0v) is 13.9. The zero-order valence-electron chi connectivity index (χ0n) is 12.3. The standard InChI is InChI=1S/C16H24BrNO/c1-12(10-16(2,3)4)9-15(19)18-11-13-5-7-14(17)8-6-13/h5-8,12H,9-11H2,1-4H3,(H,18,19). The summed E-state index contributed by atoms with van der Waals surface area (Å²) in [6, 6.07) is 8.01. The monoisotopic (exact) mass is 325 g/mol. The Hall–Kier alpha value is -0.830. The summed E-state index contributed by atoms with van der Waals surface area (Å²) in [7, 11) is 0. The maximum Gasteiger partial charge on any atom is 0.220 e. The van der Waals surface area contributed by atoms with Gasteiger partial charge in [-0.2, -0.15) is 0 Å². The van der Waals surface area contributed by atoms with Crippen molar-refractivity contribution in [3.05, 3.63) is 34.3 Å². The van der Waals surface area contributed by atoms with Gasteiger partial charge in [-0.3, -0.25) is 4.79 Å². The minimum absolute atomic E-state index is 0.139. The van der Waals surface area contributed by atoms with Crippen molar-refractivity contribution in [2.24, 2.45) is 11.3 Å². The van der Waals surface area contributed by atoms with Gasteiger partial charge in [0.05, 0.1) is 0 Å². The van der Waals surface area contributed by atoms with Crippen LogP contribution in [0, 0.1) is 11.3 Å². The smallest absolute Gasteiger partial charge is 0.220 e. The Bertz CT molecular complexity index is 406. The molecule has 1 N–H and O–H groups in total. The zero-order chi connectivity index (χ0) is 14.5. The maximum atomic E-state index is 11.9. The van der Waals surface area contributed by atoms with Crippen LogP contribution in [0.3, 0.4) is 0 Å². The predicted molar refractivity (Wildman–Crippen MR) is 83.8 cm³/mol. The minimum Gasteiger partial charge on any atom is -0.352 e. The molecule has 0 aliphatic rings. The molecule has 1 amide bonds. The molecular formula is C16H24BrNO. The van der Waals surface area contributed by atoms with Crippen LogP contribution in [-0.2, 0) is 11.3 Å². The molecule has 1 aromatic rings. The van der Waals surface area contributed by atoms with E-state index in [4.69, 9.17) is 0 Å². The summed E-state index contributed by atoms with van der Waals surface area (Å²) in [5, 5.41) is 2.98. The molecule has 1 unspecified atom stereocenters. The van der Waals surface area contributed by atoms with Crippen molar-refractivity contribution in [2.45, 2.75) is 47.1 Å². The molecule has 0 heterocycles. The first-order valence-electron chi connectivity index (χ1n) is 6.77. The fourth-order valence-electron chi connectivity index (χ4n) is 2.31. The summed E-state index contributed by atoms with van der Waals surface area (Å²) >= 11 is 3.40. The van der Waals surface area contributed by atoms with Crippen molar-refractivity contribution >= 4 is 21.8 Å². The van der Waals surface area contributed by atoms with Crippen LogP contribution in [0.4, 0.5) is 0 Å². The number of nitrogens with one attached hydrogen (secondary N) is 1. The first-order valence-corrected chi connectivity index (χ1v) is 7.57. The second kappa shape index (κ2) is 7.09.